The Kier molecular flexibility index (Phi) is 3.75. The van der Waals surface area contributed by atoms with Crippen molar-refractivity contribution < 1.29 is 0 Å². The van der Waals surface area contributed by atoms with Gasteiger partial charge in [0.25, 0.3) is 0 Å². The lowest BCUT2D eigenvalue weighted by Gasteiger charge is -2.11. The normalized spacial score (nSPS) is 14.2. The standard InChI is InChI=1S/C20H18ClN5/c21-15-8-9-16-17(11-15)23-20(22-12-14-6-7-14)26-18(24-25-19(16)26)10-13-4-2-1-3-5-13/h1-5,8-9,11,14H,6-7,10,12H2,(H,22,23). The molecule has 0 atom stereocenters. The maximum absolute atomic E-state index is 6.17. The first-order valence-corrected chi connectivity index (χ1v) is 9.27. The highest BCUT2D eigenvalue weighted by Gasteiger charge is 2.22. The van der Waals surface area contributed by atoms with E-state index in [4.69, 9.17) is 16.6 Å². The maximum atomic E-state index is 6.17. The van der Waals surface area contributed by atoms with Crippen LogP contribution in [0.15, 0.2) is 48.5 Å². The van der Waals surface area contributed by atoms with Crippen molar-refractivity contribution in [2.45, 2.75) is 19.3 Å². The number of nitrogens with one attached hydrogen (secondary N) is 1. The molecule has 6 heteroatoms. The minimum absolute atomic E-state index is 0.673. The summed E-state index contributed by atoms with van der Waals surface area (Å²) in [6, 6.07) is 16.0. The van der Waals surface area contributed by atoms with Gasteiger partial charge in [-0.15, -0.1) is 10.2 Å². The second-order valence-corrected chi connectivity index (χ2v) is 7.30. The highest BCUT2D eigenvalue weighted by Crippen LogP contribution is 2.30. The third-order valence-corrected chi connectivity index (χ3v) is 5.05. The quantitative estimate of drug-likeness (QED) is 0.573. The summed E-state index contributed by atoms with van der Waals surface area (Å²) >= 11 is 6.17. The van der Waals surface area contributed by atoms with E-state index in [1.165, 1.54) is 18.4 Å². The van der Waals surface area contributed by atoms with E-state index in [1.807, 2.05) is 40.8 Å². The topological polar surface area (TPSA) is 55.1 Å². The van der Waals surface area contributed by atoms with E-state index in [2.05, 4.69) is 27.6 Å². The van der Waals surface area contributed by atoms with Crippen LogP contribution in [0.4, 0.5) is 5.95 Å². The molecule has 1 aliphatic carbocycles. The van der Waals surface area contributed by atoms with Gasteiger partial charge in [-0.05, 0) is 42.5 Å². The maximum Gasteiger partial charge on any atom is 0.210 e. The number of fused-ring (bicyclic) bond motifs is 3. The average molecular weight is 364 g/mol. The zero-order chi connectivity index (χ0) is 17.5. The molecule has 2 aromatic heterocycles. The molecule has 2 heterocycles. The third-order valence-electron chi connectivity index (χ3n) is 4.82. The van der Waals surface area contributed by atoms with Crippen LogP contribution in [0.2, 0.25) is 5.02 Å². The predicted octanol–water partition coefficient (Wildman–Crippen LogP) is 4.34. The minimum Gasteiger partial charge on any atom is -0.355 e. The SMILES string of the molecule is Clc1ccc2c(c1)nc(NCC1CC1)n1c(Cc3ccccc3)nnc21. The van der Waals surface area contributed by atoms with E-state index < -0.39 is 0 Å². The number of hydrogen-bond acceptors (Lipinski definition) is 4. The molecular formula is C20H18ClN5. The fourth-order valence-corrected chi connectivity index (χ4v) is 3.40. The number of rotatable bonds is 5. The summed E-state index contributed by atoms with van der Waals surface area (Å²) in [5.74, 6) is 2.42. The molecule has 130 valence electrons. The molecule has 0 spiro atoms. The van der Waals surface area contributed by atoms with Crippen LogP contribution in [0.5, 0.6) is 0 Å². The lowest BCUT2D eigenvalue weighted by atomic mass is 10.1. The van der Waals surface area contributed by atoms with Crippen LogP contribution in [-0.2, 0) is 6.42 Å². The van der Waals surface area contributed by atoms with Crippen LogP contribution in [0.1, 0.15) is 24.2 Å². The largest absolute Gasteiger partial charge is 0.355 e. The molecule has 1 fully saturated rings. The Bertz CT molecular complexity index is 1090. The van der Waals surface area contributed by atoms with E-state index in [0.29, 0.717) is 11.4 Å². The Morgan fingerprint density at radius 1 is 1.08 bits per heavy atom. The van der Waals surface area contributed by atoms with Gasteiger partial charge in [-0.1, -0.05) is 41.9 Å². The zero-order valence-electron chi connectivity index (χ0n) is 14.2. The molecule has 0 unspecified atom stereocenters. The average Bonchev–Trinajstić information content (AvgIpc) is 3.40. The molecule has 0 radical (unpaired) electrons. The van der Waals surface area contributed by atoms with Crippen molar-refractivity contribution in [3.63, 3.8) is 0 Å². The summed E-state index contributed by atoms with van der Waals surface area (Å²) in [4.78, 5) is 4.83. The minimum atomic E-state index is 0.673. The Morgan fingerprint density at radius 2 is 1.92 bits per heavy atom. The lowest BCUT2D eigenvalue weighted by Crippen LogP contribution is -2.11. The second-order valence-electron chi connectivity index (χ2n) is 6.86. The fraction of sp³-hybridized carbons (Fsp3) is 0.250. The monoisotopic (exact) mass is 363 g/mol. The van der Waals surface area contributed by atoms with Gasteiger partial charge in [-0.2, -0.15) is 0 Å². The number of halogens is 1. The molecule has 0 bridgehead atoms. The van der Waals surface area contributed by atoms with Gasteiger partial charge >= 0.3 is 0 Å². The number of anilines is 1. The van der Waals surface area contributed by atoms with Crippen LogP contribution in [0.25, 0.3) is 16.6 Å². The molecule has 2 aromatic carbocycles. The molecule has 5 rings (SSSR count). The molecule has 0 aliphatic heterocycles. The van der Waals surface area contributed by atoms with Crippen molar-refractivity contribution >= 4 is 34.1 Å². The van der Waals surface area contributed by atoms with Crippen LogP contribution >= 0.6 is 11.6 Å². The van der Waals surface area contributed by atoms with Crippen LogP contribution in [0, 0.1) is 5.92 Å². The summed E-state index contributed by atoms with van der Waals surface area (Å²) in [5.41, 5.74) is 2.85. The first-order valence-electron chi connectivity index (χ1n) is 8.89. The van der Waals surface area contributed by atoms with Crippen molar-refractivity contribution in [1.29, 1.82) is 0 Å². The van der Waals surface area contributed by atoms with E-state index in [0.717, 1.165) is 40.8 Å². The Labute approximate surface area is 156 Å². The lowest BCUT2D eigenvalue weighted by molar-refractivity contribution is 0.856. The molecule has 1 N–H and O–H groups in total. The number of hydrogen-bond donors (Lipinski definition) is 1. The smallest absolute Gasteiger partial charge is 0.210 e. The highest BCUT2D eigenvalue weighted by atomic mass is 35.5. The number of nitrogens with zero attached hydrogens (tertiary/aromatic N) is 4. The van der Waals surface area contributed by atoms with E-state index >= 15 is 0 Å². The summed E-state index contributed by atoms with van der Waals surface area (Å²) in [7, 11) is 0. The van der Waals surface area contributed by atoms with Gasteiger partial charge in [0.15, 0.2) is 5.65 Å². The molecule has 0 amide bonds. The number of benzene rings is 2. The van der Waals surface area contributed by atoms with Gasteiger partial charge < -0.3 is 5.32 Å². The summed E-state index contributed by atoms with van der Waals surface area (Å²) in [6.45, 7) is 0.928. The molecule has 1 aliphatic rings. The van der Waals surface area contributed by atoms with Gasteiger partial charge in [0, 0.05) is 23.4 Å². The number of aromatic nitrogens is 4. The summed E-state index contributed by atoms with van der Waals surface area (Å²) in [5, 5.41) is 14.1. The van der Waals surface area contributed by atoms with Gasteiger partial charge in [-0.25, -0.2) is 9.38 Å². The zero-order valence-corrected chi connectivity index (χ0v) is 14.9. The Morgan fingerprint density at radius 3 is 2.73 bits per heavy atom. The molecule has 1 saturated carbocycles. The molecule has 0 saturated heterocycles. The van der Waals surface area contributed by atoms with E-state index in [-0.39, 0.29) is 0 Å². The van der Waals surface area contributed by atoms with Crippen LogP contribution in [-0.4, -0.2) is 26.1 Å². The molecule has 26 heavy (non-hydrogen) atoms. The third kappa shape index (κ3) is 2.88. The van der Waals surface area contributed by atoms with Crippen molar-refractivity contribution in [2.24, 2.45) is 5.92 Å². The highest BCUT2D eigenvalue weighted by molar-refractivity contribution is 6.31. The van der Waals surface area contributed by atoms with Crippen LogP contribution < -0.4 is 5.32 Å². The fourth-order valence-electron chi connectivity index (χ4n) is 3.23. The van der Waals surface area contributed by atoms with Crippen molar-refractivity contribution in [1.82, 2.24) is 19.6 Å². The molecule has 5 nitrogen and oxygen atoms in total. The van der Waals surface area contributed by atoms with Crippen molar-refractivity contribution in [2.75, 3.05) is 11.9 Å². The van der Waals surface area contributed by atoms with E-state index in [1.54, 1.807) is 0 Å². The summed E-state index contributed by atoms with van der Waals surface area (Å²) in [6.07, 6.45) is 3.28. The summed E-state index contributed by atoms with van der Waals surface area (Å²) < 4.78 is 2.05. The Hall–Kier alpha value is -2.66. The van der Waals surface area contributed by atoms with Gasteiger partial charge in [0.05, 0.1) is 5.52 Å². The Balaban J connectivity index is 1.66. The second kappa shape index (κ2) is 6.25. The van der Waals surface area contributed by atoms with Crippen molar-refractivity contribution in [3.05, 3.63) is 64.9 Å². The van der Waals surface area contributed by atoms with Gasteiger partial charge in [0.1, 0.15) is 5.82 Å². The first kappa shape index (κ1) is 15.6. The van der Waals surface area contributed by atoms with E-state index in [9.17, 15) is 0 Å². The van der Waals surface area contributed by atoms with Crippen molar-refractivity contribution in [3.8, 4) is 0 Å². The van der Waals surface area contributed by atoms with Gasteiger partial charge in [-0.3, -0.25) is 0 Å². The molecule has 4 aromatic rings. The molecular weight excluding hydrogens is 346 g/mol. The van der Waals surface area contributed by atoms with Crippen LogP contribution in [0.3, 0.4) is 0 Å². The van der Waals surface area contributed by atoms with Gasteiger partial charge in [0.2, 0.25) is 5.95 Å². The predicted molar refractivity (Wildman–Crippen MR) is 104 cm³/mol. The first-order chi connectivity index (χ1) is 12.8.